The fourth-order valence-electron chi connectivity index (χ4n) is 1.73. The molecule has 0 amide bonds. The van der Waals surface area contributed by atoms with Gasteiger partial charge in [-0.2, -0.15) is 4.72 Å². The number of hydrogen-bond acceptors (Lipinski definition) is 5. The molecule has 9 heteroatoms. The summed E-state index contributed by atoms with van der Waals surface area (Å²) in [7, 11) is -3.66. The second-order valence-electron chi connectivity index (χ2n) is 4.13. The van der Waals surface area contributed by atoms with Crippen LogP contribution in [0.1, 0.15) is 6.92 Å². The molecule has 0 aliphatic heterocycles. The normalized spacial score (nSPS) is 12.8. The Morgan fingerprint density at radius 1 is 1.43 bits per heavy atom. The van der Waals surface area contributed by atoms with Crippen molar-refractivity contribution in [3.05, 3.63) is 41.9 Å². The van der Waals surface area contributed by atoms with Crippen LogP contribution in [0, 0.1) is 0 Å². The first-order chi connectivity index (χ1) is 9.92. The zero-order chi connectivity index (χ0) is 15.5. The molecule has 0 aliphatic carbocycles. The minimum Gasteiger partial charge on any atom is -0.376 e. The summed E-state index contributed by atoms with van der Waals surface area (Å²) in [5.74, 6) is 0. The maximum Gasteiger partial charge on any atom is 0.242 e. The smallest absolute Gasteiger partial charge is 0.242 e. The lowest BCUT2D eigenvalue weighted by Gasteiger charge is -2.27. The zero-order valence-electron chi connectivity index (χ0n) is 11.1. The summed E-state index contributed by atoms with van der Waals surface area (Å²) in [4.78, 5) is 5.74. The van der Waals surface area contributed by atoms with Gasteiger partial charge < -0.3 is 5.73 Å². The van der Waals surface area contributed by atoms with Gasteiger partial charge in [-0.15, -0.1) is 11.3 Å². The summed E-state index contributed by atoms with van der Waals surface area (Å²) in [6.45, 7) is 1.65. The first-order valence-electron chi connectivity index (χ1n) is 5.97. The molecule has 0 radical (unpaired) electrons. The molecule has 1 aromatic heterocycles. The first kappa shape index (κ1) is 15.8. The fourth-order valence-corrected chi connectivity index (χ4v) is 3.97. The van der Waals surface area contributed by atoms with Gasteiger partial charge >= 0.3 is 0 Å². The largest absolute Gasteiger partial charge is 0.376 e. The third kappa shape index (κ3) is 3.76. The lowest BCUT2D eigenvalue weighted by Crippen LogP contribution is -2.51. The Morgan fingerprint density at radius 3 is 2.62 bits per heavy atom. The number of nitrogens with two attached hydrogens (primary N) is 1. The molecule has 3 N–H and O–H groups in total. The molecule has 2 rings (SSSR count). The lowest BCUT2D eigenvalue weighted by atomic mass is 10.4. The highest BCUT2D eigenvalue weighted by molar-refractivity contribution is 7.89. The molecule has 0 spiro atoms. The van der Waals surface area contributed by atoms with Crippen molar-refractivity contribution in [1.29, 1.82) is 0 Å². The molecule has 0 aliphatic rings. The van der Waals surface area contributed by atoms with Crippen LogP contribution >= 0.6 is 23.6 Å². The summed E-state index contributed by atoms with van der Waals surface area (Å²) in [6, 6.07) is 8.10. The van der Waals surface area contributed by atoms with Gasteiger partial charge in [-0.3, -0.25) is 4.90 Å². The molecule has 0 fully saturated rings. The summed E-state index contributed by atoms with van der Waals surface area (Å²) in [6.07, 6.45) is 0.947. The monoisotopic (exact) mass is 342 g/mol. The number of rotatable bonds is 5. The number of nitrogens with one attached hydrogen (secondary N) is 1. The molecule has 1 atom stereocenters. The number of aromatic nitrogens is 1. The summed E-state index contributed by atoms with van der Waals surface area (Å²) in [5.41, 5.74) is 5.68. The number of thiocarbonyl (C=S) groups is 1. The van der Waals surface area contributed by atoms with Gasteiger partial charge in [0.1, 0.15) is 0 Å². The van der Waals surface area contributed by atoms with Crippen molar-refractivity contribution < 1.29 is 8.42 Å². The lowest BCUT2D eigenvalue weighted by molar-refractivity contribution is 0.564. The Morgan fingerprint density at radius 2 is 2.10 bits per heavy atom. The molecular formula is C12H14N4O2S3. The molecule has 2 aromatic rings. The van der Waals surface area contributed by atoms with Crippen molar-refractivity contribution >= 4 is 43.8 Å². The van der Waals surface area contributed by atoms with Crippen LogP contribution in [0.2, 0.25) is 0 Å². The van der Waals surface area contributed by atoms with Crippen LogP contribution in [0.4, 0.5) is 5.13 Å². The van der Waals surface area contributed by atoms with E-state index in [2.05, 4.69) is 9.71 Å². The quantitative estimate of drug-likeness (QED) is 0.633. The molecule has 0 saturated heterocycles. The second kappa shape index (κ2) is 6.48. The third-order valence-corrected chi connectivity index (χ3v) is 5.14. The predicted molar refractivity (Wildman–Crippen MR) is 87.6 cm³/mol. The molecule has 0 bridgehead atoms. The van der Waals surface area contributed by atoms with Crippen LogP contribution in [0.3, 0.4) is 0 Å². The van der Waals surface area contributed by atoms with Crippen molar-refractivity contribution in [2.75, 3.05) is 4.90 Å². The topological polar surface area (TPSA) is 88.3 Å². The Hall–Kier alpha value is -1.55. The highest BCUT2D eigenvalue weighted by atomic mass is 32.2. The van der Waals surface area contributed by atoms with Crippen LogP contribution in [0.25, 0.3) is 0 Å². The Balaban J connectivity index is 2.24. The van der Waals surface area contributed by atoms with E-state index in [1.165, 1.54) is 28.4 Å². The molecule has 6 nitrogen and oxygen atoms in total. The van der Waals surface area contributed by atoms with Gasteiger partial charge in [0.2, 0.25) is 10.0 Å². The Kier molecular flexibility index (Phi) is 4.88. The van der Waals surface area contributed by atoms with Gasteiger partial charge in [0.05, 0.1) is 11.1 Å². The van der Waals surface area contributed by atoms with Crippen molar-refractivity contribution in [2.45, 2.75) is 18.0 Å². The molecule has 21 heavy (non-hydrogen) atoms. The van der Waals surface area contributed by atoms with Gasteiger partial charge in [0, 0.05) is 11.6 Å². The Labute approximate surface area is 132 Å². The summed E-state index contributed by atoms with van der Waals surface area (Å²) in [5, 5.41) is 2.35. The summed E-state index contributed by atoms with van der Waals surface area (Å²) >= 11 is 6.30. The van der Waals surface area contributed by atoms with E-state index in [9.17, 15) is 8.42 Å². The Bertz CT molecular complexity index is 701. The van der Waals surface area contributed by atoms with Gasteiger partial charge in [0.15, 0.2) is 10.2 Å². The minimum atomic E-state index is -3.66. The standard InChI is InChI=1S/C12H14N4O2S3/c1-9(16(11(13)19)12-14-7-8-20-12)15-21(17,18)10-5-3-2-4-6-10/h2-9,15H,1H3,(H2,13,19). The average molecular weight is 342 g/mol. The maximum absolute atomic E-state index is 12.3. The van der Waals surface area contributed by atoms with E-state index in [-0.39, 0.29) is 10.0 Å². The highest BCUT2D eigenvalue weighted by Gasteiger charge is 2.24. The highest BCUT2D eigenvalue weighted by Crippen LogP contribution is 2.20. The third-order valence-electron chi connectivity index (χ3n) is 2.63. The van der Waals surface area contributed by atoms with E-state index in [1.807, 2.05) is 0 Å². The molecule has 1 unspecified atom stereocenters. The van der Waals surface area contributed by atoms with Crippen LogP contribution in [0.15, 0.2) is 46.8 Å². The van der Waals surface area contributed by atoms with Gasteiger partial charge in [-0.25, -0.2) is 13.4 Å². The number of sulfonamides is 1. The van der Waals surface area contributed by atoms with E-state index < -0.39 is 16.2 Å². The number of nitrogens with zero attached hydrogens (tertiary/aromatic N) is 2. The fraction of sp³-hybridized carbons (Fsp3) is 0.167. The molecule has 112 valence electrons. The molecular weight excluding hydrogens is 328 g/mol. The second-order valence-corrected chi connectivity index (χ2v) is 7.14. The summed E-state index contributed by atoms with van der Waals surface area (Å²) < 4.78 is 27.1. The van der Waals surface area contributed by atoms with E-state index in [0.717, 1.165) is 0 Å². The SMILES string of the molecule is CC(NS(=O)(=O)c1ccccc1)N(C(N)=S)c1nccs1. The molecule has 1 aromatic carbocycles. The number of benzene rings is 1. The van der Waals surface area contributed by atoms with E-state index in [4.69, 9.17) is 18.0 Å². The van der Waals surface area contributed by atoms with E-state index in [1.54, 1.807) is 36.7 Å². The van der Waals surface area contributed by atoms with E-state index in [0.29, 0.717) is 5.13 Å². The number of hydrogen-bond donors (Lipinski definition) is 2. The van der Waals surface area contributed by atoms with Crippen molar-refractivity contribution in [3.8, 4) is 0 Å². The van der Waals surface area contributed by atoms with Crippen LogP contribution in [-0.4, -0.2) is 24.7 Å². The van der Waals surface area contributed by atoms with Gasteiger partial charge in [-0.1, -0.05) is 18.2 Å². The minimum absolute atomic E-state index is 0.0493. The first-order valence-corrected chi connectivity index (χ1v) is 8.74. The van der Waals surface area contributed by atoms with Crippen LogP contribution in [0.5, 0.6) is 0 Å². The van der Waals surface area contributed by atoms with E-state index >= 15 is 0 Å². The van der Waals surface area contributed by atoms with Gasteiger partial charge in [0.25, 0.3) is 0 Å². The zero-order valence-corrected chi connectivity index (χ0v) is 13.6. The van der Waals surface area contributed by atoms with Crippen LogP contribution in [-0.2, 0) is 10.0 Å². The van der Waals surface area contributed by atoms with Crippen LogP contribution < -0.4 is 15.4 Å². The van der Waals surface area contributed by atoms with Crippen molar-refractivity contribution in [2.24, 2.45) is 5.73 Å². The maximum atomic E-state index is 12.3. The number of thiazole rings is 1. The van der Waals surface area contributed by atoms with Crippen molar-refractivity contribution in [1.82, 2.24) is 9.71 Å². The molecule has 1 heterocycles. The van der Waals surface area contributed by atoms with Crippen molar-refractivity contribution in [3.63, 3.8) is 0 Å². The average Bonchev–Trinajstić information content (AvgIpc) is 2.92. The number of anilines is 1. The van der Waals surface area contributed by atoms with Gasteiger partial charge in [-0.05, 0) is 31.3 Å². The molecule has 0 saturated carbocycles. The predicted octanol–water partition coefficient (Wildman–Crippen LogP) is 1.52.